The van der Waals surface area contributed by atoms with Crippen LogP contribution < -0.4 is 9.47 Å². The fourth-order valence-corrected chi connectivity index (χ4v) is 4.77. The Bertz CT molecular complexity index is 1260. The van der Waals surface area contributed by atoms with Gasteiger partial charge < -0.3 is 35.0 Å². The molecule has 3 aromatic rings. The van der Waals surface area contributed by atoms with Gasteiger partial charge in [-0.2, -0.15) is 0 Å². The molecule has 0 aliphatic carbocycles. The molecule has 5 N–H and O–H groups in total. The first-order chi connectivity index (χ1) is 19.2. The van der Waals surface area contributed by atoms with Gasteiger partial charge in [-0.1, -0.05) is 44.4 Å². The number of Topliss-reactive ketones (excluding diaryl/α,β-unsaturated/α-hetero) is 1. The molecule has 3 aromatic carbocycles. The maximum Gasteiger partial charge on any atom is 0.200 e. The Labute approximate surface area is 235 Å². The second-order valence-electron chi connectivity index (χ2n) is 10.2. The van der Waals surface area contributed by atoms with Crippen LogP contribution in [0, 0.1) is 0 Å². The molecule has 0 bridgehead atoms. The first-order valence-electron chi connectivity index (χ1n) is 13.7. The minimum atomic E-state index is -0.874. The van der Waals surface area contributed by atoms with Gasteiger partial charge in [-0.25, -0.2) is 0 Å². The molecule has 8 heteroatoms. The summed E-state index contributed by atoms with van der Waals surface area (Å²) in [6, 6.07) is 14.7. The van der Waals surface area contributed by atoms with Gasteiger partial charge in [-0.05, 0) is 78.3 Å². The Morgan fingerprint density at radius 2 is 1.70 bits per heavy atom. The van der Waals surface area contributed by atoms with E-state index in [4.69, 9.17) is 9.47 Å². The molecule has 3 rings (SSSR count). The van der Waals surface area contributed by atoms with Crippen LogP contribution in [0.15, 0.2) is 54.6 Å². The molecule has 0 spiro atoms. The molecule has 0 saturated carbocycles. The van der Waals surface area contributed by atoms with Crippen LogP contribution in [0.2, 0.25) is 0 Å². The Kier molecular flexibility index (Phi) is 11.5. The maximum absolute atomic E-state index is 12.7. The standard InChI is InChI=1S/C32H40O8/c1-3-4-5-8-23(16-27(35)19-26(34)12-10-21-11-13-28(36)30(15-21)39-2)24-17-29(37)32(38)31(18-24)40-20-22-7-6-9-25(33)14-22/h6-7,9,11,13-15,17-18,23,27,33,35-38H,3-5,8,10,12,16,19-20H2,1-2H3/t23-,27-/m1/s1. The highest BCUT2D eigenvalue weighted by atomic mass is 16.5. The number of phenols is 4. The molecule has 0 fully saturated rings. The number of ether oxygens (including phenoxy) is 2. The number of rotatable bonds is 16. The van der Waals surface area contributed by atoms with E-state index in [1.165, 1.54) is 19.2 Å². The summed E-state index contributed by atoms with van der Waals surface area (Å²) in [6.45, 7) is 2.18. The van der Waals surface area contributed by atoms with Crippen molar-refractivity contribution in [1.29, 1.82) is 0 Å². The van der Waals surface area contributed by atoms with Gasteiger partial charge >= 0.3 is 0 Å². The molecule has 0 amide bonds. The number of aliphatic hydroxyl groups is 1. The van der Waals surface area contributed by atoms with Crippen molar-refractivity contribution in [2.75, 3.05) is 7.11 Å². The molecule has 2 atom stereocenters. The summed E-state index contributed by atoms with van der Waals surface area (Å²) < 4.78 is 10.9. The third-order valence-corrected chi connectivity index (χ3v) is 6.97. The highest BCUT2D eigenvalue weighted by molar-refractivity contribution is 5.79. The molecule has 0 radical (unpaired) electrons. The van der Waals surface area contributed by atoms with Gasteiger partial charge in [-0.3, -0.25) is 4.79 Å². The molecule has 0 aliphatic heterocycles. The van der Waals surface area contributed by atoms with Crippen LogP contribution in [0.3, 0.4) is 0 Å². The van der Waals surface area contributed by atoms with E-state index < -0.39 is 6.10 Å². The number of hydrogen-bond donors (Lipinski definition) is 5. The van der Waals surface area contributed by atoms with Crippen molar-refractivity contribution in [3.8, 4) is 34.5 Å². The van der Waals surface area contributed by atoms with E-state index in [1.807, 2.05) is 0 Å². The molecule has 0 aliphatic rings. The lowest BCUT2D eigenvalue weighted by molar-refractivity contribution is -0.121. The van der Waals surface area contributed by atoms with Crippen LogP contribution >= 0.6 is 0 Å². The molecule has 8 nitrogen and oxygen atoms in total. The van der Waals surface area contributed by atoms with Crippen LogP contribution in [0.5, 0.6) is 34.5 Å². The predicted molar refractivity (Wildman–Crippen MR) is 152 cm³/mol. The van der Waals surface area contributed by atoms with Crippen molar-refractivity contribution in [1.82, 2.24) is 0 Å². The summed E-state index contributed by atoms with van der Waals surface area (Å²) in [6.07, 6.45) is 3.84. The largest absolute Gasteiger partial charge is 0.508 e. The average Bonchev–Trinajstić information content (AvgIpc) is 2.93. The summed E-state index contributed by atoms with van der Waals surface area (Å²) in [5, 5.41) is 51.2. The normalized spacial score (nSPS) is 12.6. The quantitative estimate of drug-likeness (QED) is 0.106. The van der Waals surface area contributed by atoms with Crippen LogP contribution in [0.1, 0.15) is 74.5 Å². The Morgan fingerprint density at radius 3 is 2.42 bits per heavy atom. The molecule has 216 valence electrons. The van der Waals surface area contributed by atoms with Gasteiger partial charge in [0.1, 0.15) is 18.1 Å². The molecule has 0 saturated heterocycles. The number of benzene rings is 3. The van der Waals surface area contributed by atoms with Crippen LogP contribution in [0.4, 0.5) is 0 Å². The summed E-state index contributed by atoms with van der Waals surface area (Å²) >= 11 is 0. The monoisotopic (exact) mass is 552 g/mol. The lowest BCUT2D eigenvalue weighted by atomic mass is 9.86. The van der Waals surface area contributed by atoms with Gasteiger partial charge in [0, 0.05) is 12.8 Å². The SMILES string of the molecule is CCCCC[C@H](C[C@@H](O)CC(=O)CCc1ccc(O)c(OC)c1)c1cc(O)c(O)c(OCc2cccc(O)c2)c1. The smallest absolute Gasteiger partial charge is 0.200 e. The number of aromatic hydroxyl groups is 4. The lowest BCUT2D eigenvalue weighted by Gasteiger charge is -2.22. The van der Waals surface area contributed by atoms with E-state index in [1.54, 1.807) is 42.5 Å². The molecule has 0 unspecified atom stereocenters. The summed E-state index contributed by atoms with van der Waals surface area (Å²) in [5.74, 6) is -0.340. The minimum Gasteiger partial charge on any atom is -0.508 e. The number of aryl methyl sites for hydroxylation is 1. The van der Waals surface area contributed by atoms with Gasteiger partial charge in [0.25, 0.3) is 0 Å². The van der Waals surface area contributed by atoms with Crippen molar-refractivity contribution in [2.45, 2.75) is 76.9 Å². The Balaban J connectivity index is 1.67. The third kappa shape index (κ3) is 9.09. The number of hydrogen-bond acceptors (Lipinski definition) is 8. The van der Waals surface area contributed by atoms with E-state index in [0.29, 0.717) is 29.7 Å². The van der Waals surface area contributed by atoms with Gasteiger partial charge in [0.15, 0.2) is 23.0 Å². The molecule has 0 aromatic heterocycles. The summed E-state index contributed by atoms with van der Waals surface area (Å²) in [7, 11) is 1.47. The van der Waals surface area contributed by atoms with E-state index in [-0.39, 0.29) is 59.9 Å². The van der Waals surface area contributed by atoms with Crippen molar-refractivity contribution >= 4 is 5.78 Å². The van der Waals surface area contributed by atoms with Crippen LogP contribution in [0.25, 0.3) is 0 Å². The first kappa shape index (κ1) is 30.6. The predicted octanol–water partition coefficient (Wildman–Crippen LogP) is 6.10. The van der Waals surface area contributed by atoms with Gasteiger partial charge in [-0.15, -0.1) is 0 Å². The van der Waals surface area contributed by atoms with E-state index in [0.717, 1.165) is 31.2 Å². The van der Waals surface area contributed by atoms with Crippen molar-refractivity contribution in [2.24, 2.45) is 0 Å². The molecular formula is C32H40O8. The number of carbonyl (C=O) groups is 1. The maximum atomic E-state index is 12.7. The van der Waals surface area contributed by atoms with Crippen molar-refractivity contribution in [3.63, 3.8) is 0 Å². The van der Waals surface area contributed by atoms with Crippen molar-refractivity contribution < 1.29 is 39.8 Å². The second kappa shape index (κ2) is 15.0. The second-order valence-corrected chi connectivity index (χ2v) is 10.2. The molecular weight excluding hydrogens is 512 g/mol. The first-order valence-corrected chi connectivity index (χ1v) is 13.7. The Hall–Kier alpha value is -3.91. The summed E-state index contributed by atoms with van der Waals surface area (Å²) in [5.41, 5.74) is 2.26. The topological polar surface area (TPSA) is 137 Å². The zero-order valence-corrected chi connectivity index (χ0v) is 23.2. The fraction of sp³-hybridized carbons (Fsp3) is 0.406. The zero-order valence-electron chi connectivity index (χ0n) is 23.2. The lowest BCUT2D eigenvalue weighted by Crippen LogP contribution is -2.18. The molecule has 0 heterocycles. The minimum absolute atomic E-state index is 0.00438. The van der Waals surface area contributed by atoms with Crippen molar-refractivity contribution in [3.05, 3.63) is 71.3 Å². The van der Waals surface area contributed by atoms with E-state index in [2.05, 4.69) is 6.92 Å². The molecule has 40 heavy (non-hydrogen) atoms. The highest BCUT2D eigenvalue weighted by Gasteiger charge is 2.22. The summed E-state index contributed by atoms with van der Waals surface area (Å²) in [4.78, 5) is 12.7. The number of unbranched alkanes of at least 4 members (excludes halogenated alkanes) is 2. The Morgan fingerprint density at radius 1 is 0.900 bits per heavy atom. The van der Waals surface area contributed by atoms with Crippen LogP contribution in [-0.2, 0) is 17.8 Å². The van der Waals surface area contributed by atoms with Gasteiger partial charge in [0.2, 0.25) is 5.75 Å². The number of aliphatic hydroxyl groups excluding tert-OH is 1. The number of methoxy groups -OCH3 is 1. The zero-order chi connectivity index (χ0) is 29.1. The fourth-order valence-electron chi connectivity index (χ4n) is 4.77. The average molecular weight is 553 g/mol. The van der Waals surface area contributed by atoms with E-state index in [9.17, 15) is 30.3 Å². The number of phenolic OH excluding ortho intramolecular Hbond substituents is 4. The van der Waals surface area contributed by atoms with Crippen LogP contribution in [-0.4, -0.2) is 44.5 Å². The van der Waals surface area contributed by atoms with Gasteiger partial charge in [0.05, 0.1) is 13.2 Å². The third-order valence-electron chi connectivity index (χ3n) is 6.97. The highest BCUT2D eigenvalue weighted by Crippen LogP contribution is 2.41. The number of carbonyl (C=O) groups excluding carboxylic acids is 1. The number of ketones is 1. The van der Waals surface area contributed by atoms with E-state index >= 15 is 0 Å².